The van der Waals surface area contributed by atoms with Gasteiger partial charge < -0.3 is 14.8 Å². The van der Waals surface area contributed by atoms with E-state index < -0.39 is 24.7 Å². The first kappa shape index (κ1) is 25.9. The number of nitrogens with zero attached hydrogens (tertiary/aromatic N) is 2. The van der Waals surface area contributed by atoms with E-state index in [0.717, 1.165) is 16.7 Å². The molecule has 0 bridgehead atoms. The molecule has 0 fully saturated rings. The molecule has 9 heteroatoms. The molecule has 2 atom stereocenters. The summed E-state index contributed by atoms with van der Waals surface area (Å²) >= 11 is 0. The standard InChI is InChI=1S/C28H25F4N3O2/c1-18(20-5-3-2-4-6-20)35-26-10-8-22(17-34-26)23(15-19-11-13-33-14-12-19)21-7-9-24(36-27(29)30)25(16-21)37-28(31)32/h2-14,16-18,23,27-28H,15H2,1H3,(H,34,35)/t18-,23?/m1/s1. The molecule has 0 saturated heterocycles. The third-order valence-electron chi connectivity index (χ3n) is 5.84. The second-order valence-corrected chi connectivity index (χ2v) is 8.33. The summed E-state index contributed by atoms with van der Waals surface area (Å²) in [4.78, 5) is 8.60. The van der Waals surface area contributed by atoms with Gasteiger partial charge in [-0.1, -0.05) is 42.5 Å². The van der Waals surface area contributed by atoms with E-state index in [1.807, 2.05) is 61.5 Å². The molecule has 2 aromatic carbocycles. The first-order chi connectivity index (χ1) is 17.9. The van der Waals surface area contributed by atoms with Crippen molar-refractivity contribution in [2.24, 2.45) is 0 Å². The van der Waals surface area contributed by atoms with Crippen molar-refractivity contribution < 1.29 is 27.0 Å². The van der Waals surface area contributed by atoms with Gasteiger partial charge in [-0.05, 0) is 65.9 Å². The van der Waals surface area contributed by atoms with E-state index in [0.29, 0.717) is 17.8 Å². The van der Waals surface area contributed by atoms with Crippen molar-refractivity contribution in [3.05, 3.63) is 114 Å². The minimum atomic E-state index is -3.20. The number of anilines is 1. The molecule has 2 heterocycles. The monoisotopic (exact) mass is 511 g/mol. The van der Waals surface area contributed by atoms with Crippen LogP contribution < -0.4 is 14.8 Å². The molecule has 4 rings (SSSR count). The van der Waals surface area contributed by atoms with Crippen LogP contribution in [0.15, 0.2) is 91.4 Å². The quantitative estimate of drug-likeness (QED) is 0.215. The van der Waals surface area contributed by atoms with Crippen LogP contribution in [0.25, 0.3) is 0 Å². The molecular formula is C28H25F4N3O2. The molecule has 4 aromatic rings. The maximum absolute atomic E-state index is 13.0. The van der Waals surface area contributed by atoms with E-state index in [2.05, 4.69) is 24.8 Å². The molecule has 1 unspecified atom stereocenters. The largest absolute Gasteiger partial charge is 0.431 e. The predicted molar refractivity (Wildman–Crippen MR) is 132 cm³/mol. The zero-order chi connectivity index (χ0) is 26.2. The van der Waals surface area contributed by atoms with Gasteiger partial charge in [-0.15, -0.1) is 0 Å². The van der Waals surface area contributed by atoms with Crippen LogP contribution in [0.5, 0.6) is 11.5 Å². The van der Waals surface area contributed by atoms with Gasteiger partial charge in [-0.2, -0.15) is 17.6 Å². The fraction of sp³-hybridized carbons (Fsp3) is 0.214. The van der Waals surface area contributed by atoms with Crippen LogP contribution >= 0.6 is 0 Å². The number of halogens is 4. The first-order valence-corrected chi connectivity index (χ1v) is 11.6. The molecule has 0 aliphatic heterocycles. The third-order valence-corrected chi connectivity index (χ3v) is 5.84. The average Bonchev–Trinajstić information content (AvgIpc) is 2.89. The van der Waals surface area contributed by atoms with Gasteiger partial charge in [-0.3, -0.25) is 4.98 Å². The van der Waals surface area contributed by atoms with Crippen LogP contribution in [-0.4, -0.2) is 23.2 Å². The van der Waals surface area contributed by atoms with Crippen molar-refractivity contribution in [2.45, 2.75) is 38.5 Å². The van der Waals surface area contributed by atoms with Gasteiger partial charge in [0, 0.05) is 30.6 Å². The summed E-state index contributed by atoms with van der Waals surface area (Å²) in [6.07, 6.45) is 5.52. The zero-order valence-electron chi connectivity index (χ0n) is 19.9. The number of benzene rings is 2. The summed E-state index contributed by atoms with van der Waals surface area (Å²) in [6.45, 7) is -4.35. The lowest BCUT2D eigenvalue weighted by Crippen LogP contribution is -2.11. The Labute approximate surface area is 212 Å². The molecule has 0 radical (unpaired) electrons. The van der Waals surface area contributed by atoms with E-state index in [4.69, 9.17) is 0 Å². The summed E-state index contributed by atoms with van der Waals surface area (Å²) < 4.78 is 60.5. The van der Waals surface area contributed by atoms with Crippen molar-refractivity contribution >= 4 is 5.82 Å². The Kier molecular flexibility index (Phi) is 8.56. The van der Waals surface area contributed by atoms with Gasteiger partial charge in [0.2, 0.25) is 0 Å². The van der Waals surface area contributed by atoms with Crippen molar-refractivity contribution in [2.75, 3.05) is 5.32 Å². The highest BCUT2D eigenvalue weighted by Gasteiger charge is 2.21. The van der Waals surface area contributed by atoms with Crippen LogP contribution in [0.1, 0.15) is 41.1 Å². The van der Waals surface area contributed by atoms with Gasteiger partial charge in [0.25, 0.3) is 0 Å². The number of rotatable bonds is 11. The molecule has 0 aliphatic carbocycles. The molecule has 0 spiro atoms. The average molecular weight is 512 g/mol. The summed E-state index contributed by atoms with van der Waals surface area (Å²) in [5, 5.41) is 3.36. The maximum Gasteiger partial charge on any atom is 0.387 e. The Morgan fingerprint density at radius 2 is 1.43 bits per heavy atom. The number of nitrogens with one attached hydrogen (secondary N) is 1. The molecular weight excluding hydrogens is 486 g/mol. The van der Waals surface area contributed by atoms with Crippen LogP contribution in [0.4, 0.5) is 23.4 Å². The zero-order valence-corrected chi connectivity index (χ0v) is 19.9. The molecule has 192 valence electrons. The Morgan fingerprint density at radius 3 is 2.08 bits per heavy atom. The maximum atomic E-state index is 13.0. The predicted octanol–water partition coefficient (Wildman–Crippen LogP) is 7.23. The van der Waals surface area contributed by atoms with Crippen molar-refractivity contribution in [1.29, 1.82) is 0 Å². The Morgan fingerprint density at radius 1 is 0.757 bits per heavy atom. The molecule has 1 N–H and O–H groups in total. The normalized spacial score (nSPS) is 12.8. The lowest BCUT2D eigenvalue weighted by atomic mass is 9.87. The van der Waals surface area contributed by atoms with Gasteiger partial charge in [0.05, 0.1) is 0 Å². The summed E-state index contributed by atoms with van der Waals surface area (Å²) in [5.74, 6) is -0.592. The number of hydrogen-bond donors (Lipinski definition) is 1. The second-order valence-electron chi connectivity index (χ2n) is 8.33. The smallest absolute Gasteiger partial charge is 0.387 e. The van der Waals surface area contributed by atoms with E-state index in [-0.39, 0.29) is 12.0 Å². The van der Waals surface area contributed by atoms with Crippen molar-refractivity contribution in [3.63, 3.8) is 0 Å². The topological polar surface area (TPSA) is 56.3 Å². The van der Waals surface area contributed by atoms with Crippen molar-refractivity contribution in [3.8, 4) is 11.5 Å². The van der Waals surface area contributed by atoms with Gasteiger partial charge in [-0.25, -0.2) is 4.98 Å². The van der Waals surface area contributed by atoms with Gasteiger partial charge in [0.15, 0.2) is 11.5 Å². The number of hydrogen-bond acceptors (Lipinski definition) is 5. The highest BCUT2D eigenvalue weighted by molar-refractivity contribution is 5.48. The van der Waals surface area contributed by atoms with E-state index in [1.54, 1.807) is 24.7 Å². The SMILES string of the molecule is C[C@@H](Nc1ccc(C(Cc2ccncc2)c2ccc(OC(F)F)c(OC(F)F)c2)cn1)c1ccccc1. The molecule has 0 saturated carbocycles. The Hall–Kier alpha value is -4.14. The van der Waals surface area contributed by atoms with Crippen LogP contribution in [0, 0.1) is 0 Å². The summed E-state index contributed by atoms with van der Waals surface area (Å²) in [7, 11) is 0. The first-order valence-electron chi connectivity index (χ1n) is 11.6. The number of ether oxygens (including phenoxy) is 2. The number of alkyl halides is 4. The van der Waals surface area contributed by atoms with Crippen LogP contribution in [0.2, 0.25) is 0 Å². The number of aromatic nitrogens is 2. The number of pyridine rings is 2. The van der Waals surface area contributed by atoms with E-state index in [9.17, 15) is 17.6 Å². The highest BCUT2D eigenvalue weighted by Crippen LogP contribution is 2.37. The fourth-order valence-electron chi connectivity index (χ4n) is 4.05. The third kappa shape index (κ3) is 7.19. The molecule has 5 nitrogen and oxygen atoms in total. The fourth-order valence-corrected chi connectivity index (χ4v) is 4.05. The molecule has 2 aromatic heterocycles. The van der Waals surface area contributed by atoms with Gasteiger partial charge >= 0.3 is 13.2 Å². The second kappa shape index (κ2) is 12.2. The van der Waals surface area contributed by atoms with Crippen LogP contribution in [0.3, 0.4) is 0 Å². The Balaban J connectivity index is 1.64. The minimum Gasteiger partial charge on any atom is -0.431 e. The summed E-state index contributed by atoms with van der Waals surface area (Å²) in [5.41, 5.74) is 3.44. The minimum absolute atomic E-state index is 0.0311. The lowest BCUT2D eigenvalue weighted by molar-refractivity contribution is -0.0692. The Bertz CT molecular complexity index is 1260. The summed E-state index contributed by atoms with van der Waals surface area (Å²) in [6, 6.07) is 21.5. The highest BCUT2D eigenvalue weighted by atomic mass is 19.3. The molecule has 0 aliphatic rings. The lowest BCUT2D eigenvalue weighted by Gasteiger charge is -2.21. The van der Waals surface area contributed by atoms with Crippen LogP contribution in [-0.2, 0) is 6.42 Å². The van der Waals surface area contributed by atoms with Crippen molar-refractivity contribution in [1.82, 2.24) is 9.97 Å². The van der Waals surface area contributed by atoms with Gasteiger partial charge in [0.1, 0.15) is 5.82 Å². The molecule has 0 amide bonds. The van der Waals surface area contributed by atoms with E-state index in [1.165, 1.54) is 12.1 Å². The van der Waals surface area contributed by atoms with E-state index >= 15 is 0 Å². The molecule has 37 heavy (non-hydrogen) atoms.